The number of benzene rings is 1. The van der Waals surface area contributed by atoms with Gasteiger partial charge in [0.1, 0.15) is 0 Å². The summed E-state index contributed by atoms with van der Waals surface area (Å²) < 4.78 is 11.1. The zero-order valence-corrected chi connectivity index (χ0v) is 17.3. The molecule has 0 radical (unpaired) electrons. The molecule has 30 heavy (non-hydrogen) atoms. The minimum atomic E-state index is -0.364. The first kappa shape index (κ1) is 20.2. The molecule has 2 unspecified atom stereocenters. The fourth-order valence-corrected chi connectivity index (χ4v) is 4.17. The Balaban J connectivity index is 1.58. The average molecular weight is 409 g/mol. The summed E-state index contributed by atoms with van der Waals surface area (Å²) in [5, 5.41) is 3.00. The summed E-state index contributed by atoms with van der Waals surface area (Å²) in [4.78, 5) is 32.0. The Morgan fingerprint density at radius 2 is 1.93 bits per heavy atom. The summed E-state index contributed by atoms with van der Waals surface area (Å²) in [6.45, 7) is 1.27. The van der Waals surface area contributed by atoms with Gasteiger partial charge in [0.25, 0.3) is 0 Å². The minimum Gasteiger partial charge on any atom is -0.493 e. The number of hydrogen-bond donors (Lipinski definition) is 1. The molecule has 1 aromatic carbocycles. The van der Waals surface area contributed by atoms with E-state index in [-0.39, 0.29) is 29.6 Å². The zero-order chi connectivity index (χ0) is 21.1. The number of likely N-dealkylation sites (tertiary alicyclic amines) is 1. The van der Waals surface area contributed by atoms with Crippen molar-refractivity contribution in [1.29, 1.82) is 0 Å². The molecule has 2 aromatic rings. The van der Waals surface area contributed by atoms with Gasteiger partial charge in [-0.05, 0) is 31.0 Å². The number of nitrogens with zero attached hydrogens (tertiary/aromatic N) is 2. The van der Waals surface area contributed by atoms with Gasteiger partial charge in [0.05, 0.1) is 32.4 Å². The van der Waals surface area contributed by atoms with Crippen LogP contribution in [0.5, 0.6) is 11.5 Å². The summed E-state index contributed by atoms with van der Waals surface area (Å²) in [5.74, 6) is 0.901. The maximum atomic E-state index is 13.2. The van der Waals surface area contributed by atoms with Crippen molar-refractivity contribution in [3.63, 3.8) is 0 Å². The quantitative estimate of drug-likeness (QED) is 0.759. The van der Waals surface area contributed by atoms with Crippen molar-refractivity contribution in [2.45, 2.75) is 25.3 Å². The van der Waals surface area contributed by atoms with Gasteiger partial charge in [0, 0.05) is 36.7 Å². The maximum absolute atomic E-state index is 13.2. The molecule has 1 aromatic heterocycles. The van der Waals surface area contributed by atoms with Crippen LogP contribution in [0, 0.1) is 11.8 Å². The third-order valence-electron chi connectivity index (χ3n) is 5.90. The lowest BCUT2D eigenvalue weighted by atomic mass is 9.87. The third kappa shape index (κ3) is 4.10. The van der Waals surface area contributed by atoms with Crippen LogP contribution in [-0.4, -0.2) is 49.0 Å². The Hall–Kier alpha value is -3.09. The molecule has 2 heterocycles. The molecule has 2 aliphatic rings. The molecule has 1 aliphatic carbocycles. The van der Waals surface area contributed by atoms with Crippen molar-refractivity contribution >= 4 is 11.8 Å². The van der Waals surface area contributed by atoms with E-state index in [9.17, 15) is 9.59 Å². The van der Waals surface area contributed by atoms with E-state index in [0.717, 1.165) is 24.1 Å². The Morgan fingerprint density at radius 1 is 1.10 bits per heavy atom. The highest BCUT2D eigenvalue weighted by Gasteiger charge is 2.44. The molecule has 1 saturated carbocycles. The Bertz CT molecular complexity index is 914. The minimum absolute atomic E-state index is 0.0818. The second-order valence-electron chi connectivity index (χ2n) is 7.85. The Morgan fingerprint density at radius 3 is 2.60 bits per heavy atom. The molecule has 0 bridgehead atoms. The SMILES string of the molecule is COc1cccc(C2CN(C(=O)C3CC3)CC2C(=O)NCc2ccccn2)c1OC. The Kier molecular flexibility index (Phi) is 5.88. The van der Waals surface area contributed by atoms with Crippen molar-refractivity contribution in [2.24, 2.45) is 11.8 Å². The van der Waals surface area contributed by atoms with Crippen LogP contribution >= 0.6 is 0 Å². The van der Waals surface area contributed by atoms with Crippen LogP contribution in [0.25, 0.3) is 0 Å². The largest absolute Gasteiger partial charge is 0.493 e. The first-order chi connectivity index (χ1) is 14.6. The van der Waals surface area contributed by atoms with Crippen molar-refractivity contribution in [3.8, 4) is 11.5 Å². The molecular weight excluding hydrogens is 382 g/mol. The summed E-state index contributed by atoms with van der Waals surface area (Å²) in [6.07, 6.45) is 3.59. The van der Waals surface area contributed by atoms with Crippen LogP contribution in [0.1, 0.15) is 30.0 Å². The molecule has 7 heteroatoms. The zero-order valence-electron chi connectivity index (χ0n) is 17.3. The van der Waals surface area contributed by atoms with Crippen molar-refractivity contribution in [3.05, 3.63) is 53.9 Å². The summed E-state index contributed by atoms with van der Waals surface area (Å²) in [5.41, 5.74) is 1.69. The van der Waals surface area contributed by atoms with Gasteiger partial charge in [0.2, 0.25) is 11.8 Å². The van der Waals surface area contributed by atoms with Gasteiger partial charge in [-0.1, -0.05) is 18.2 Å². The first-order valence-corrected chi connectivity index (χ1v) is 10.3. The molecule has 2 atom stereocenters. The number of rotatable bonds is 7. The van der Waals surface area contributed by atoms with Crippen LogP contribution in [0.4, 0.5) is 0 Å². The molecule has 0 spiro atoms. The lowest BCUT2D eigenvalue weighted by Gasteiger charge is -2.21. The van der Waals surface area contributed by atoms with Gasteiger partial charge in [-0.2, -0.15) is 0 Å². The number of carbonyl (C=O) groups excluding carboxylic acids is 2. The molecule has 1 aliphatic heterocycles. The molecule has 4 rings (SSSR count). The second kappa shape index (κ2) is 8.73. The van der Waals surface area contributed by atoms with Gasteiger partial charge in [-0.25, -0.2) is 0 Å². The smallest absolute Gasteiger partial charge is 0.225 e. The molecule has 2 fully saturated rings. The van der Waals surface area contributed by atoms with Gasteiger partial charge in [-0.15, -0.1) is 0 Å². The number of hydrogen-bond acceptors (Lipinski definition) is 5. The molecular formula is C23H27N3O4. The van der Waals surface area contributed by atoms with Crippen molar-refractivity contribution in [1.82, 2.24) is 15.2 Å². The summed E-state index contributed by atoms with van der Waals surface area (Å²) >= 11 is 0. The average Bonchev–Trinajstić information content (AvgIpc) is 3.55. The number of aromatic nitrogens is 1. The fraction of sp³-hybridized carbons (Fsp3) is 0.435. The van der Waals surface area contributed by atoms with Crippen LogP contribution in [0.2, 0.25) is 0 Å². The molecule has 7 nitrogen and oxygen atoms in total. The van der Waals surface area contributed by atoms with Crippen LogP contribution < -0.4 is 14.8 Å². The van der Waals surface area contributed by atoms with Crippen molar-refractivity contribution in [2.75, 3.05) is 27.3 Å². The number of ether oxygens (including phenoxy) is 2. The van der Waals surface area contributed by atoms with E-state index in [1.807, 2.05) is 41.3 Å². The van der Waals surface area contributed by atoms with E-state index in [1.54, 1.807) is 20.4 Å². The lowest BCUT2D eigenvalue weighted by molar-refractivity contribution is -0.132. The van der Waals surface area contributed by atoms with E-state index in [0.29, 0.717) is 31.1 Å². The molecule has 1 saturated heterocycles. The normalized spacial score (nSPS) is 20.7. The third-order valence-corrected chi connectivity index (χ3v) is 5.90. The number of amides is 2. The Labute approximate surface area is 176 Å². The van der Waals surface area contributed by atoms with Gasteiger partial charge >= 0.3 is 0 Å². The molecule has 158 valence electrons. The molecule has 1 N–H and O–H groups in total. The molecule has 2 amide bonds. The second-order valence-corrected chi connectivity index (χ2v) is 7.85. The van der Waals surface area contributed by atoms with Crippen LogP contribution in [0.3, 0.4) is 0 Å². The highest BCUT2D eigenvalue weighted by atomic mass is 16.5. The highest BCUT2D eigenvalue weighted by Crippen LogP contribution is 2.43. The predicted molar refractivity (Wildman–Crippen MR) is 111 cm³/mol. The van der Waals surface area contributed by atoms with Crippen LogP contribution in [0.15, 0.2) is 42.6 Å². The standard InChI is InChI=1S/C23H27N3O4/c1-29-20-8-5-7-17(21(20)30-2)18-13-26(23(28)15-9-10-15)14-19(18)22(27)25-12-16-6-3-4-11-24-16/h3-8,11,15,18-19H,9-10,12-14H2,1-2H3,(H,25,27). The van der Waals surface area contributed by atoms with Gasteiger partial charge in [-0.3, -0.25) is 14.6 Å². The topological polar surface area (TPSA) is 80.8 Å². The fourth-order valence-electron chi connectivity index (χ4n) is 4.17. The van der Waals surface area contributed by atoms with E-state index in [1.165, 1.54) is 0 Å². The van der Waals surface area contributed by atoms with Gasteiger partial charge < -0.3 is 19.7 Å². The maximum Gasteiger partial charge on any atom is 0.225 e. The monoisotopic (exact) mass is 409 g/mol. The highest BCUT2D eigenvalue weighted by molar-refractivity contribution is 5.85. The van der Waals surface area contributed by atoms with Crippen molar-refractivity contribution < 1.29 is 19.1 Å². The predicted octanol–water partition coefficient (Wildman–Crippen LogP) is 2.37. The number of carbonyl (C=O) groups is 2. The first-order valence-electron chi connectivity index (χ1n) is 10.3. The van der Waals surface area contributed by atoms with E-state index in [2.05, 4.69) is 10.3 Å². The lowest BCUT2D eigenvalue weighted by Crippen LogP contribution is -2.35. The van der Waals surface area contributed by atoms with Crippen LogP contribution in [-0.2, 0) is 16.1 Å². The number of para-hydroxylation sites is 1. The summed E-state index contributed by atoms with van der Waals surface area (Å²) in [6, 6.07) is 11.3. The van der Waals surface area contributed by atoms with E-state index in [4.69, 9.17) is 9.47 Å². The number of pyridine rings is 1. The number of methoxy groups -OCH3 is 2. The number of nitrogens with one attached hydrogen (secondary N) is 1. The van der Waals surface area contributed by atoms with Gasteiger partial charge in [0.15, 0.2) is 11.5 Å². The summed E-state index contributed by atoms with van der Waals surface area (Å²) in [7, 11) is 3.19. The van der Waals surface area contributed by atoms with E-state index < -0.39 is 0 Å². The van der Waals surface area contributed by atoms with E-state index >= 15 is 0 Å².